The van der Waals surface area contributed by atoms with Gasteiger partial charge in [-0.25, -0.2) is 14.3 Å². The van der Waals surface area contributed by atoms with Gasteiger partial charge in [0.15, 0.2) is 0 Å². The number of aromatic nitrogens is 2. The van der Waals surface area contributed by atoms with Gasteiger partial charge in [0.2, 0.25) is 0 Å². The fourth-order valence-corrected chi connectivity index (χ4v) is 3.47. The van der Waals surface area contributed by atoms with E-state index in [1.807, 2.05) is 0 Å². The van der Waals surface area contributed by atoms with E-state index >= 15 is 0 Å². The highest BCUT2D eigenvalue weighted by atomic mass is 32.1. The number of esters is 2. The summed E-state index contributed by atoms with van der Waals surface area (Å²) in [5.74, 6) is -3.16. The number of carbonyl (C=O) groups excluding carboxylic acids is 3. The summed E-state index contributed by atoms with van der Waals surface area (Å²) < 4.78 is 11.0. The Balaban J connectivity index is 2.41. The number of hydrogen-bond acceptors (Lipinski definition) is 8. The van der Waals surface area contributed by atoms with Gasteiger partial charge in [-0.15, -0.1) is 11.3 Å². The second-order valence-corrected chi connectivity index (χ2v) is 6.44. The highest BCUT2D eigenvalue weighted by Crippen LogP contribution is 2.34. The lowest BCUT2D eigenvalue weighted by atomic mass is 10.1. The van der Waals surface area contributed by atoms with E-state index in [9.17, 15) is 19.2 Å². The third-order valence-corrected chi connectivity index (χ3v) is 4.74. The number of carboxylic acids is 1. The van der Waals surface area contributed by atoms with Crippen LogP contribution in [0.15, 0.2) is 12.3 Å². The molecule has 2 heterocycles. The van der Waals surface area contributed by atoms with Gasteiger partial charge in [-0.2, -0.15) is 5.10 Å². The van der Waals surface area contributed by atoms with Gasteiger partial charge in [0.05, 0.1) is 18.8 Å². The number of carbonyl (C=O) groups is 4. The van der Waals surface area contributed by atoms with Crippen LogP contribution in [-0.4, -0.2) is 51.9 Å². The summed E-state index contributed by atoms with van der Waals surface area (Å²) in [5, 5.41) is 15.3. The number of ether oxygens (including phenoxy) is 2. The lowest BCUT2D eigenvalue weighted by Crippen LogP contribution is -2.21. The van der Waals surface area contributed by atoms with Crippen LogP contribution in [0, 0.1) is 6.92 Å². The van der Waals surface area contributed by atoms with Crippen molar-refractivity contribution in [1.29, 1.82) is 0 Å². The van der Waals surface area contributed by atoms with Crippen molar-refractivity contribution >= 4 is 40.2 Å². The van der Waals surface area contributed by atoms with Crippen molar-refractivity contribution in [3.05, 3.63) is 34.0 Å². The highest BCUT2D eigenvalue weighted by molar-refractivity contribution is 7.18. The Morgan fingerprint density at radius 1 is 1.18 bits per heavy atom. The number of hydrogen-bond donors (Lipinski definition) is 2. The van der Waals surface area contributed by atoms with E-state index in [1.54, 1.807) is 20.8 Å². The van der Waals surface area contributed by atoms with E-state index in [-0.39, 0.29) is 34.3 Å². The number of rotatable bonds is 8. The average Bonchev–Trinajstić information content (AvgIpc) is 3.19. The van der Waals surface area contributed by atoms with Crippen molar-refractivity contribution in [2.75, 3.05) is 18.5 Å². The van der Waals surface area contributed by atoms with Crippen LogP contribution in [0.4, 0.5) is 5.00 Å². The van der Waals surface area contributed by atoms with Crippen LogP contribution in [0.3, 0.4) is 0 Å². The molecular formula is C17H19N3O7S. The molecule has 0 saturated heterocycles. The fraction of sp³-hybridized carbons (Fsp3) is 0.353. The van der Waals surface area contributed by atoms with Crippen LogP contribution in [-0.2, 0) is 20.8 Å². The van der Waals surface area contributed by atoms with Crippen molar-refractivity contribution in [2.24, 2.45) is 0 Å². The van der Waals surface area contributed by atoms with Gasteiger partial charge in [-0.1, -0.05) is 0 Å². The molecule has 2 aromatic rings. The van der Waals surface area contributed by atoms with Gasteiger partial charge in [0.1, 0.15) is 22.1 Å². The molecule has 0 aromatic carbocycles. The van der Waals surface area contributed by atoms with Crippen LogP contribution < -0.4 is 5.32 Å². The van der Waals surface area contributed by atoms with Crippen molar-refractivity contribution in [3.8, 4) is 0 Å². The molecule has 2 aromatic heterocycles. The lowest BCUT2D eigenvalue weighted by Gasteiger charge is -2.08. The van der Waals surface area contributed by atoms with Crippen molar-refractivity contribution < 1.29 is 33.8 Å². The van der Waals surface area contributed by atoms with Gasteiger partial charge in [0.25, 0.3) is 5.91 Å². The van der Waals surface area contributed by atoms with Gasteiger partial charge in [0, 0.05) is 6.20 Å². The first-order chi connectivity index (χ1) is 13.3. The summed E-state index contributed by atoms with van der Waals surface area (Å²) in [6.45, 7) is 4.61. The normalized spacial score (nSPS) is 10.4. The Hall–Kier alpha value is -3.21. The predicted octanol–water partition coefficient (Wildman–Crippen LogP) is 1.94. The van der Waals surface area contributed by atoms with E-state index < -0.39 is 30.4 Å². The first-order valence-corrected chi connectivity index (χ1v) is 9.14. The third kappa shape index (κ3) is 4.55. The van der Waals surface area contributed by atoms with Gasteiger partial charge in [-0.05, 0) is 32.4 Å². The largest absolute Gasteiger partial charge is 0.480 e. The third-order valence-electron chi connectivity index (χ3n) is 3.55. The molecule has 0 atom stereocenters. The fourth-order valence-electron chi connectivity index (χ4n) is 2.39. The number of nitrogens with one attached hydrogen (secondary N) is 1. The molecule has 2 N–H and O–H groups in total. The zero-order chi connectivity index (χ0) is 20.8. The molecule has 11 heteroatoms. The SMILES string of the molecule is CCOC(=O)c1sc(NC(=O)c2ccnn2CC(=O)O)c(C(=O)OCC)c1C. The van der Waals surface area contributed by atoms with E-state index in [0.29, 0.717) is 5.56 Å². The molecule has 0 fully saturated rings. The Bertz CT molecular complexity index is 916. The Morgan fingerprint density at radius 2 is 1.82 bits per heavy atom. The second kappa shape index (κ2) is 9.13. The molecule has 0 aliphatic heterocycles. The maximum absolute atomic E-state index is 12.6. The summed E-state index contributed by atoms with van der Waals surface area (Å²) in [6.07, 6.45) is 1.29. The maximum atomic E-state index is 12.6. The molecule has 0 aliphatic rings. The quantitative estimate of drug-likeness (QED) is 0.631. The number of anilines is 1. The van der Waals surface area contributed by atoms with Crippen LogP contribution in [0.1, 0.15) is 49.9 Å². The first-order valence-electron chi connectivity index (χ1n) is 8.32. The van der Waals surface area contributed by atoms with Crippen molar-refractivity contribution in [1.82, 2.24) is 9.78 Å². The van der Waals surface area contributed by atoms with E-state index in [1.165, 1.54) is 12.3 Å². The Morgan fingerprint density at radius 3 is 2.43 bits per heavy atom. The molecule has 0 spiro atoms. The van der Waals surface area contributed by atoms with Crippen molar-refractivity contribution in [2.45, 2.75) is 27.3 Å². The molecule has 1 amide bonds. The van der Waals surface area contributed by atoms with E-state index in [4.69, 9.17) is 14.6 Å². The van der Waals surface area contributed by atoms with E-state index in [0.717, 1.165) is 16.0 Å². The minimum Gasteiger partial charge on any atom is -0.480 e. The molecule has 0 aliphatic carbocycles. The molecule has 0 unspecified atom stereocenters. The zero-order valence-electron chi connectivity index (χ0n) is 15.5. The first kappa shape index (κ1) is 21.1. The Labute approximate surface area is 164 Å². The number of nitrogens with zero attached hydrogens (tertiary/aromatic N) is 2. The van der Waals surface area contributed by atoms with Crippen LogP contribution in [0.2, 0.25) is 0 Å². The van der Waals surface area contributed by atoms with Gasteiger partial charge >= 0.3 is 17.9 Å². The molecule has 0 bridgehead atoms. The van der Waals surface area contributed by atoms with Crippen molar-refractivity contribution in [3.63, 3.8) is 0 Å². The minimum absolute atomic E-state index is 0.0130. The molecule has 0 radical (unpaired) electrons. The molecule has 10 nitrogen and oxygen atoms in total. The lowest BCUT2D eigenvalue weighted by molar-refractivity contribution is -0.137. The van der Waals surface area contributed by atoms with Gasteiger partial charge in [-0.3, -0.25) is 9.59 Å². The second-order valence-electron chi connectivity index (χ2n) is 5.42. The van der Waals surface area contributed by atoms with Gasteiger partial charge < -0.3 is 19.9 Å². The minimum atomic E-state index is -1.17. The monoisotopic (exact) mass is 409 g/mol. The summed E-state index contributed by atoms with van der Waals surface area (Å²) in [5.41, 5.74) is 0.366. The molecular weight excluding hydrogens is 390 g/mol. The average molecular weight is 409 g/mol. The number of thiophene rings is 1. The summed E-state index contributed by atoms with van der Waals surface area (Å²) in [7, 11) is 0. The highest BCUT2D eigenvalue weighted by Gasteiger charge is 2.28. The molecule has 0 saturated carbocycles. The van der Waals surface area contributed by atoms with E-state index in [2.05, 4.69) is 10.4 Å². The summed E-state index contributed by atoms with van der Waals surface area (Å²) >= 11 is 0.880. The number of aliphatic carboxylic acids is 1. The van der Waals surface area contributed by atoms with Crippen LogP contribution >= 0.6 is 11.3 Å². The Kier molecular flexibility index (Phi) is 6.88. The summed E-state index contributed by atoms with van der Waals surface area (Å²) in [6, 6.07) is 1.34. The topological polar surface area (TPSA) is 137 Å². The maximum Gasteiger partial charge on any atom is 0.348 e. The molecule has 28 heavy (non-hydrogen) atoms. The smallest absolute Gasteiger partial charge is 0.348 e. The standard InChI is InChI=1S/C17H19N3O7S/c1-4-26-16(24)12-9(3)13(17(25)27-5-2)28-15(12)19-14(23)10-6-7-18-20(10)8-11(21)22/h6-7H,4-5,8H2,1-3H3,(H,19,23)(H,21,22). The zero-order valence-corrected chi connectivity index (χ0v) is 16.3. The van der Waals surface area contributed by atoms with Crippen LogP contribution in [0.5, 0.6) is 0 Å². The van der Waals surface area contributed by atoms with Crippen LogP contribution in [0.25, 0.3) is 0 Å². The predicted molar refractivity (Wildman–Crippen MR) is 98.8 cm³/mol. The molecule has 2 rings (SSSR count). The number of amides is 1. The number of carboxylic acid groups (broad SMARTS) is 1. The summed E-state index contributed by atoms with van der Waals surface area (Å²) in [4.78, 5) is 48.2. The molecule has 150 valence electrons.